The molecule has 0 radical (unpaired) electrons. The summed E-state index contributed by atoms with van der Waals surface area (Å²) < 4.78 is 21.2. The van der Waals surface area contributed by atoms with Gasteiger partial charge >= 0.3 is 11.9 Å². The molecule has 0 aromatic rings. The van der Waals surface area contributed by atoms with Crippen LogP contribution in [0.15, 0.2) is 37.0 Å². The molecular weight excluding hydrogens is 473 g/mol. The summed E-state index contributed by atoms with van der Waals surface area (Å²) >= 11 is 0. The van der Waals surface area contributed by atoms with Crippen molar-refractivity contribution in [1.29, 1.82) is 0 Å². The summed E-state index contributed by atoms with van der Waals surface area (Å²) in [5.74, 6) is -0.659. The van der Waals surface area contributed by atoms with Gasteiger partial charge in [-0.3, -0.25) is 0 Å². The molecule has 0 aromatic carbocycles. The minimum atomic E-state index is -1.52. The van der Waals surface area contributed by atoms with Gasteiger partial charge in [0.2, 0.25) is 0 Å². The van der Waals surface area contributed by atoms with Gasteiger partial charge in [-0.2, -0.15) is 0 Å². The molecule has 0 rings (SSSR count). The molecule has 0 heterocycles. The number of hydrogen-bond acceptors (Lipinski definition) is 6. The summed E-state index contributed by atoms with van der Waals surface area (Å²) in [6, 6.07) is 1.04. The van der Waals surface area contributed by atoms with Gasteiger partial charge in [-0.1, -0.05) is 25.8 Å². The maximum absolute atomic E-state index is 11.1. The van der Waals surface area contributed by atoms with Gasteiger partial charge in [-0.15, -0.1) is 0 Å². The first kappa shape index (κ1) is 35.5. The van der Waals surface area contributed by atoms with Crippen LogP contribution in [0.4, 0.5) is 0 Å². The summed E-state index contributed by atoms with van der Waals surface area (Å²) in [5, 5.41) is 0. The fourth-order valence-electron chi connectivity index (χ4n) is 2.29. The second kappa shape index (κ2) is 20.5. The van der Waals surface area contributed by atoms with Crippen molar-refractivity contribution in [2.24, 2.45) is 0 Å². The number of ether oxygens (including phenoxy) is 2. The van der Waals surface area contributed by atoms with Crippen molar-refractivity contribution in [3.63, 3.8) is 0 Å². The van der Waals surface area contributed by atoms with E-state index in [0.29, 0.717) is 17.8 Å². The van der Waals surface area contributed by atoms with Crippen molar-refractivity contribution in [3.8, 4) is 0 Å². The summed E-state index contributed by atoms with van der Waals surface area (Å²) in [5.41, 5.74) is 0.874. The van der Waals surface area contributed by atoms with Crippen LogP contribution >= 0.6 is 0 Å². The quantitative estimate of drug-likeness (QED) is 0.119. The molecule has 0 aliphatic rings. The molecular formula is C22H48O6Si4. The van der Waals surface area contributed by atoms with Gasteiger partial charge in [0.25, 0.3) is 0 Å². The maximum atomic E-state index is 11.1. The van der Waals surface area contributed by atoms with Crippen LogP contribution in [0.2, 0.25) is 58.4 Å². The molecule has 0 unspecified atom stereocenters. The van der Waals surface area contributed by atoms with Crippen molar-refractivity contribution in [2.75, 3.05) is 13.2 Å². The zero-order valence-corrected chi connectivity index (χ0v) is 26.7. The number of esters is 2. The van der Waals surface area contributed by atoms with Gasteiger partial charge in [0, 0.05) is 11.1 Å². The summed E-state index contributed by atoms with van der Waals surface area (Å²) in [7, 11) is -3.79. The second-order valence-corrected chi connectivity index (χ2v) is 21.2. The molecule has 188 valence electrons. The lowest BCUT2D eigenvalue weighted by Crippen LogP contribution is -2.35. The lowest BCUT2D eigenvalue weighted by molar-refractivity contribution is -0.139. The Kier molecular flexibility index (Phi) is 22.8. The van der Waals surface area contributed by atoms with Crippen molar-refractivity contribution in [1.82, 2.24) is 0 Å². The highest BCUT2D eigenvalue weighted by Crippen LogP contribution is 2.15. The highest BCUT2D eigenvalue weighted by Gasteiger charge is 2.23. The Morgan fingerprint density at radius 1 is 0.844 bits per heavy atom. The Morgan fingerprint density at radius 3 is 1.59 bits per heavy atom. The van der Waals surface area contributed by atoms with Crippen LogP contribution < -0.4 is 0 Å². The van der Waals surface area contributed by atoms with Gasteiger partial charge < -0.3 is 17.7 Å². The fourth-order valence-corrected chi connectivity index (χ4v) is 13.2. The molecule has 0 aliphatic carbocycles. The third kappa shape index (κ3) is 28.9. The van der Waals surface area contributed by atoms with Crippen LogP contribution in [0.3, 0.4) is 0 Å². The molecule has 32 heavy (non-hydrogen) atoms. The zero-order chi connectivity index (χ0) is 25.9. The van der Waals surface area contributed by atoms with E-state index < -0.39 is 35.4 Å². The Balaban J connectivity index is -0.000000442. The van der Waals surface area contributed by atoms with Crippen molar-refractivity contribution in [3.05, 3.63) is 37.0 Å². The van der Waals surface area contributed by atoms with Gasteiger partial charge in [0.1, 0.15) is 6.61 Å². The topological polar surface area (TPSA) is 71.1 Å². The standard InChI is InChI=1S/C11H24O3Si2.C7H10O2.C4H14OSi2/c1-10(2)11(12)13-8-7-9-16(5,6)14-15(3)4;1-4-5-9-7(8)6(2)3;1-6(2)5-7(3)4/h15H,1,7-9H2,2-6H3;4H,1-2,5H2,3H3;6-7H,1-4H3. The highest BCUT2D eigenvalue weighted by molar-refractivity contribution is 6.77. The molecule has 0 N–H and O–H groups in total. The van der Waals surface area contributed by atoms with E-state index in [2.05, 4.69) is 76.8 Å². The lowest BCUT2D eigenvalue weighted by Gasteiger charge is -2.25. The third-order valence-corrected chi connectivity index (χ3v) is 13.6. The summed E-state index contributed by atoms with van der Waals surface area (Å²) in [4.78, 5) is 21.6. The predicted octanol–water partition coefficient (Wildman–Crippen LogP) is 4.96. The van der Waals surface area contributed by atoms with Crippen LogP contribution in [0.1, 0.15) is 20.3 Å². The Labute approximate surface area is 203 Å². The smallest absolute Gasteiger partial charge is 0.333 e. The molecule has 0 fully saturated rings. The lowest BCUT2D eigenvalue weighted by atomic mass is 10.4. The average Bonchev–Trinajstić information content (AvgIpc) is 2.61. The van der Waals surface area contributed by atoms with Crippen LogP contribution in [-0.2, 0) is 27.3 Å². The van der Waals surface area contributed by atoms with Gasteiger partial charge in [0.15, 0.2) is 35.4 Å². The normalized spacial score (nSPS) is 10.5. The molecule has 0 saturated carbocycles. The Morgan fingerprint density at radius 2 is 1.28 bits per heavy atom. The maximum Gasteiger partial charge on any atom is 0.333 e. The number of rotatable bonds is 12. The molecule has 0 aliphatic heterocycles. The van der Waals surface area contributed by atoms with Gasteiger partial charge in [0.05, 0.1) is 6.61 Å². The molecule has 10 heteroatoms. The first-order valence-electron chi connectivity index (χ1n) is 11.1. The zero-order valence-electron chi connectivity index (χ0n) is 22.2. The summed E-state index contributed by atoms with van der Waals surface area (Å²) in [6.45, 7) is 32.0. The Bertz CT molecular complexity index is 569. The van der Waals surface area contributed by atoms with Crippen molar-refractivity contribution >= 4 is 47.4 Å². The fraction of sp³-hybridized carbons (Fsp3) is 0.636. The number of hydrogen-bond donors (Lipinski definition) is 0. The monoisotopic (exact) mass is 520 g/mol. The molecule has 0 aromatic heterocycles. The highest BCUT2D eigenvalue weighted by atomic mass is 28.4. The second-order valence-electron chi connectivity index (χ2n) is 8.85. The predicted molar refractivity (Wildman–Crippen MR) is 147 cm³/mol. The molecule has 0 bridgehead atoms. The first-order chi connectivity index (χ1) is 14.6. The van der Waals surface area contributed by atoms with Crippen LogP contribution in [0.5, 0.6) is 0 Å². The summed E-state index contributed by atoms with van der Waals surface area (Å²) in [6.07, 6.45) is 2.40. The first-order valence-corrected chi connectivity index (χ1v) is 22.6. The average molecular weight is 521 g/mol. The van der Waals surface area contributed by atoms with E-state index in [1.54, 1.807) is 13.8 Å². The van der Waals surface area contributed by atoms with Crippen LogP contribution in [-0.4, -0.2) is 60.6 Å². The number of carbonyl (C=O) groups is 2. The van der Waals surface area contributed by atoms with E-state index in [9.17, 15) is 9.59 Å². The molecule has 0 atom stereocenters. The van der Waals surface area contributed by atoms with Crippen LogP contribution in [0.25, 0.3) is 0 Å². The SMILES string of the molecule is C=C(C)C(=O)OCCC[Si](C)(C)O[SiH](C)C.C=CCOC(=O)C(=C)C.C[SiH](C)O[SiH](C)C. The molecule has 0 saturated heterocycles. The van der Waals surface area contributed by atoms with E-state index in [1.165, 1.54) is 6.08 Å². The van der Waals surface area contributed by atoms with Gasteiger partial charge in [-0.05, 0) is 78.7 Å². The van der Waals surface area contributed by atoms with Crippen molar-refractivity contribution < 1.29 is 27.3 Å². The largest absolute Gasteiger partial charge is 0.462 e. The Hall–Kier alpha value is -1.05. The third-order valence-electron chi connectivity index (χ3n) is 3.28. The van der Waals surface area contributed by atoms with E-state index in [0.717, 1.165) is 12.5 Å². The van der Waals surface area contributed by atoms with Crippen molar-refractivity contribution in [2.45, 2.75) is 78.7 Å². The minimum absolute atomic E-state index is 0.256. The van der Waals surface area contributed by atoms with E-state index in [4.69, 9.17) is 13.0 Å². The van der Waals surface area contributed by atoms with E-state index >= 15 is 0 Å². The minimum Gasteiger partial charge on any atom is -0.462 e. The molecule has 0 amide bonds. The van der Waals surface area contributed by atoms with E-state index in [1.807, 2.05) is 0 Å². The molecule has 0 spiro atoms. The number of carbonyl (C=O) groups excluding carboxylic acids is 2. The molecule has 6 nitrogen and oxygen atoms in total. The van der Waals surface area contributed by atoms with Crippen LogP contribution in [0, 0.1) is 0 Å². The van der Waals surface area contributed by atoms with E-state index in [-0.39, 0.29) is 18.5 Å². The van der Waals surface area contributed by atoms with Gasteiger partial charge in [-0.25, -0.2) is 9.59 Å².